The largest absolute Gasteiger partial charge is 0.339 e. The molecular weight excluding hydrogens is 354 g/mol. The molecule has 0 aromatic heterocycles. The Balaban J connectivity index is 1.24. The molecule has 6 fully saturated rings. The van der Waals surface area contributed by atoms with Crippen LogP contribution in [0.4, 0.5) is 10.5 Å². The highest BCUT2D eigenvalue weighted by Gasteiger charge is 2.82. The Morgan fingerprint density at radius 2 is 1.83 bits per heavy atom. The van der Waals surface area contributed by atoms with Crippen molar-refractivity contribution in [3.63, 3.8) is 0 Å². The Labute approximate surface area is 143 Å². The first kappa shape index (κ1) is 13.0. The fraction of sp³-hybridized carbons (Fsp3) is 0.556. The molecule has 6 aliphatic rings. The molecule has 118 valence electrons. The van der Waals surface area contributed by atoms with Crippen molar-refractivity contribution in [1.29, 1.82) is 0 Å². The second-order valence-electron chi connectivity index (χ2n) is 7.84. The van der Waals surface area contributed by atoms with Gasteiger partial charge in [0.1, 0.15) is 0 Å². The molecule has 2 amide bonds. The van der Waals surface area contributed by atoms with Crippen LogP contribution in [-0.2, 0) is 0 Å². The van der Waals surface area contributed by atoms with E-state index in [-0.39, 0.29) is 6.03 Å². The maximum atomic E-state index is 12.1. The third kappa shape index (κ3) is 1.40. The summed E-state index contributed by atoms with van der Waals surface area (Å²) in [7, 11) is 0. The molecule has 0 spiro atoms. The Hall–Kier alpha value is -1.36. The summed E-state index contributed by atoms with van der Waals surface area (Å²) < 4.78 is 0. The van der Waals surface area contributed by atoms with Crippen LogP contribution in [0.2, 0.25) is 0 Å². The Bertz CT molecular complexity index is 733. The molecule has 1 aromatic rings. The molecule has 0 saturated heterocycles. The van der Waals surface area contributed by atoms with E-state index in [1.54, 1.807) is 0 Å². The first-order chi connectivity index (χ1) is 11.3. The number of carbonyl (C=O) groups excluding carboxylic acids is 1. The third-order valence-electron chi connectivity index (χ3n) is 7.36. The van der Waals surface area contributed by atoms with Crippen LogP contribution >= 0.6 is 15.9 Å². The Morgan fingerprint density at radius 3 is 2.61 bits per heavy atom. The van der Waals surface area contributed by atoms with Crippen LogP contribution in [0.1, 0.15) is 6.42 Å². The fourth-order valence-corrected chi connectivity index (χ4v) is 8.60. The van der Waals surface area contributed by atoms with Crippen LogP contribution in [0.15, 0.2) is 35.4 Å². The predicted molar refractivity (Wildman–Crippen MR) is 91.3 cm³/mol. The highest BCUT2D eigenvalue weighted by Crippen LogP contribution is 2.82. The first-order valence-corrected chi connectivity index (χ1v) is 9.51. The summed E-state index contributed by atoms with van der Waals surface area (Å²) in [6, 6.07) is 9.28. The number of benzene rings is 1. The van der Waals surface area contributed by atoms with E-state index in [0.29, 0.717) is 16.7 Å². The lowest BCUT2D eigenvalue weighted by Crippen LogP contribution is -2.30. The standard InChI is InChI=1S/C18H18BrN3O/c19-16-12-8-6-9-10(12)15-14(16)11(8)13(9)17(15)21-22-18(23)20-7-4-2-1-3-5-7/h1-5,8-16H,6H2,(H2,20,22,23)/b21-17-/t8-,9+,10+,11+,12-,13+,14-,15+,16+/m1/s1. The van der Waals surface area contributed by atoms with E-state index in [9.17, 15) is 4.79 Å². The number of hydrogen-bond donors (Lipinski definition) is 2. The molecule has 9 atom stereocenters. The van der Waals surface area contributed by atoms with Gasteiger partial charge in [0.25, 0.3) is 0 Å². The van der Waals surface area contributed by atoms with Crippen molar-refractivity contribution in [2.24, 2.45) is 52.4 Å². The van der Waals surface area contributed by atoms with Crippen LogP contribution in [0.3, 0.4) is 0 Å². The molecule has 0 radical (unpaired) electrons. The summed E-state index contributed by atoms with van der Waals surface area (Å²) in [6.45, 7) is 0. The van der Waals surface area contributed by atoms with E-state index in [1.165, 1.54) is 12.1 Å². The van der Waals surface area contributed by atoms with E-state index >= 15 is 0 Å². The second kappa shape index (κ2) is 4.18. The summed E-state index contributed by atoms with van der Waals surface area (Å²) in [4.78, 5) is 12.8. The number of nitrogens with one attached hydrogen (secondary N) is 2. The highest BCUT2D eigenvalue weighted by atomic mass is 79.9. The van der Waals surface area contributed by atoms with Crippen LogP contribution < -0.4 is 10.7 Å². The van der Waals surface area contributed by atoms with Gasteiger partial charge in [-0.3, -0.25) is 0 Å². The number of para-hydroxylation sites is 1. The van der Waals surface area contributed by atoms with Crippen molar-refractivity contribution in [1.82, 2.24) is 5.43 Å². The van der Waals surface area contributed by atoms with Crippen molar-refractivity contribution in [3.8, 4) is 0 Å². The van der Waals surface area contributed by atoms with E-state index in [4.69, 9.17) is 0 Å². The van der Waals surface area contributed by atoms with Gasteiger partial charge < -0.3 is 5.32 Å². The van der Waals surface area contributed by atoms with Gasteiger partial charge in [0.15, 0.2) is 0 Å². The average molecular weight is 372 g/mol. The molecule has 7 rings (SSSR count). The minimum atomic E-state index is -0.238. The molecule has 6 aliphatic carbocycles. The van der Waals surface area contributed by atoms with Crippen LogP contribution in [0.5, 0.6) is 0 Å². The van der Waals surface area contributed by atoms with Gasteiger partial charge in [-0.05, 0) is 54.1 Å². The van der Waals surface area contributed by atoms with Gasteiger partial charge in [-0.1, -0.05) is 34.1 Å². The monoisotopic (exact) mass is 371 g/mol. The lowest BCUT2D eigenvalue weighted by Gasteiger charge is -2.32. The molecule has 23 heavy (non-hydrogen) atoms. The fourth-order valence-electron chi connectivity index (χ4n) is 7.17. The molecule has 4 nitrogen and oxygen atoms in total. The Morgan fingerprint density at radius 1 is 1.04 bits per heavy atom. The number of anilines is 1. The second-order valence-corrected chi connectivity index (χ2v) is 8.89. The van der Waals surface area contributed by atoms with Gasteiger partial charge in [-0.15, -0.1) is 0 Å². The van der Waals surface area contributed by atoms with E-state index in [0.717, 1.165) is 41.2 Å². The summed E-state index contributed by atoms with van der Waals surface area (Å²) in [5, 5.41) is 7.45. The zero-order valence-corrected chi connectivity index (χ0v) is 14.1. The first-order valence-electron chi connectivity index (χ1n) is 8.59. The summed E-state index contributed by atoms with van der Waals surface area (Å²) in [5.74, 6) is 6.47. The van der Waals surface area contributed by atoms with Gasteiger partial charge >= 0.3 is 6.03 Å². The van der Waals surface area contributed by atoms with Gasteiger partial charge in [0, 0.05) is 28.1 Å². The van der Waals surface area contributed by atoms with Crippen LogP contribution in [-0.4, -0.2) is 16.6 Å². The molecule has 5 heteroatoms. The number of hydrogen-bond acceptors (Lipinski definition) is 2. The lowest BCUT2D eigenvalue weighted by atomic mass is 9.71. The lowest BCUT2D eigenvalue weighted by molar-refractivity contribution is 0.132. The zero-order valence-electron chi connectivity index (χ0n) is 12.5. The van der Waals surface area contributed by atoms with E-state index in [2.05, 4.69) is 31.8 Å². The van der Waals surface area contributed by atoms with Crippen molar-refractivity contribution < 1.29 is 4.79 Å². The van der Waals surface area contributed by atoms with Crippen molar-refractivity contribution >= 4 is 33.4 Å². The smallest absolute Gasteiger partial charge is 0.307 e. The molecule has 1 aromatic carbocycles. The summed E-state index contributed by atoms with van der Waals surface area (Å²) >= 11 is 3.98. The number of carbonyl (C=O) groups is 1. The van der Waals surface area contributed by atoms with Crippen LogP contribution in [0.25, 0.3) is 0 Å². The number of halogens is 1. The van der Waals surface area contributed by atoms with Gasteiger partial charge in [-0.25, -0.2) is 10.2 Å². The summed E-state index contributed by atoms with van der Waals surface area (Å²) in [5.41, 5.74) is 4.86. The maximum Gasteiger partial charge on any atom is 0.339 e. The zero-order chi connectivity index (χ0) is 15.3. The van der Waals surface area contributed by atoms with Crippen molar-refractivity contribution in [2.45, 2.75) is 11.2 Å². The van der Waals surface area contributed by atoms with Crippen molar-refractivity contribution in [3.05, 3.63) is 30.3 Å². The molecule has 6 saturated carbocycles. The molecular formula is C18H18BrN3O. The predicted octanol–water partition coefficient (Wildman–Crippen LogP) is 3.32. The summed E-state index contributed by atoms with van der Waals surface area (Å²) in [6.07, 6.45) is 1.41. The molecule has 0 heterocycles. The van der Waals surface area contributed by atoms with Gasteiger partial charge in [0.2, 0.25) is 0 Å². The molecule has 6 bridgehead atoms. The van der Waals surface area contributed by atoms with Gasteiger partial charge in [-0.2, -0.15) is 5.10 Å². The number of urea groups is 1. The van der Waals surface area contributed by atoms with Crippen molar-refractivity contribution in [2.75, 3.05) is 5.32 Å². The normalized spacial score (nSPS) is 51.3. The Kier molecular flexibility index (Phi) is 2.36. The van der Waals surface area contributed by atoms with Crippen LogP contribution in [0, 0.1) is 47.3 Å². The average Bonchev–Trinajstić information content (AvgIpc) is 3.28. The minimum absolute atomic E-state index is 0.238. The van der Waals surface area contributed by atoms with E-state index in [1.807, 2.05) is 30.3 Å². The number of nitrogens with zero attached hydrogens (tertiary/aromatic N) is 1. The SMILES string of the molecule is O=C(N/N=C1\[C@H]2[C@H]3[C@@H]4C[C@H]5[C@H]3[C@H](Br)[C@@H]2[C@@H]5[C@@H]14)Nc1ccccc1. The van der Waals surface area contributed by atoms with E-state index < -0.39 is 0 Å². The number of rotatable bonds is 2. The third-order valence-corrected chi connectivity index (χ3v) is 8.58. The molecule has 0 unspecified atom stereocenters. The topological polar surface area (TPSA) is 53.5 Å². The molecule has 0 aliphatic heterocycles. The molecule has 2 N–H and O–H groups in total. The number of alkyl halides is 1. The minimum Gasteiger partial charge on any atom is -0.307 e. The highest BCUT2D eigenvalue weighted by molar-refractivity contribution is 9.09. The van der Waals surface area contributed by atoms with Gasteiger partial charge in [0.05, 0.1) is 0 Å². The number of amides is 2. The quantitative estimate of drug-likeness (QED) is 0.607. The maximum absolute atomic E-state index is 12.1. The number of hydrazone groups is 1.